The average Bonchev–Trinajstić information content (AvgIpc) is 2.35. The highest BCUT2D eigenvalue weighted by molar-refractivity contribution is 6.06. The maximum Gasteiger partial charge on any atom is 0.253 e. The van der Waals surface area contributed by atoms with Crippen molar-refractivity contribution in [3.8, 4) is 0 Å². The zero-order valence-corrected chi connectivity index (χ0v) is 12.7. The van der Waals surface area contributed by atoms with Crippen LogP contribution in [0.25, 0.3) is 10.9 Å². The normalized spacial score (nSPS) is 11.9. The molecule has 4 nitrogen and oxygen atoms in total. The molecule has 0 saturated heterocycles. The van der Waals surface area contributed by atoms with E-state index in [1.165, 1.54) is 6.33 Å². The Labute approximate surface area is 119 Å². The molecule has 1 aromatic heterocycles. The molecule has 106 valence electrons. The Hall–Kier alpha value is -1.97. The number of hydrogen-bond acceptors (Lipinski definition) is 3. The molecule has 2 aromatic rings. The van der Waals surface area contributed by atoms with E-state index in [2.05, 4.69) is 36.1 Å². The van der Waals surface area contributed by atoms with E-state index in [1.54, 1.807) is 6.20 Å². The van der Waals surface area contributed by atoms with E-state index in [0.29, 0.717) is 11.1 Å². The van der Waals surface area contributed by atoms with Crippen molar-refractivity contribution in [1.82, 2.24) is 15.3 Å². The SMILES string of the molecule is CC(C)NC(=O)c1ccc(C(C)(C)C)c2cncnc12. The van der Waals surface area contributed by atoms with Gasteiger partial charge in [-0.1, -0.05) is 26.8 Å². The van der Waals surface area contributed by atoms with Crippen LogP contribution in [0.1, 0.15) is 50.5 Å². The summed E-state index contributed by atoms with van der Waals surface area (Å²) in [5, 5.41) is 3.85. The number of amides is 1. The Balaban J connectivity index is 2.63. The third-order valence-electron chi connectivity index (χ3n) is 3.15. The third kappa shape index (κ3) is 2.79. The number of rotatable bonds is 2. The minimum Gasteiger partial charge on any atom is -0.350 e. The molecule has 20 heavy (non-hydrogen) atoms. The van der Waals surface area contributed by atoms with E-state index in [0.717, 1.165) is 10.9 Å². The van der Waals surface area contributed by atoms with Gasteiger partial charge in [0.2, 0.25) is 0 Å². The van der Waals surface area contributed by atoms with Crippen molar-refractivity contribution in [3.05, 3.63) is 35.8 Å². The van der Waals surface area contributed by atoms with Gasteiger partial charge in [0.15, 0.2) is 0 Å². The highest BCUT2D eigenvalue weighted by Gasteiger charge is 2.21. The molecule has 0 saturated carbocycles. The first-order valence-electron chi connectivity index (χ1n) is 6.85. The van der Waals surface area contributed by atoms with Crippen LogP contribution >= 0.6 is 0 Å². The van der Waals surface area contributed by atoms with Crippen molar-refractivity contribution in [1.29, 1.82) is 0 Å². The van der Waals surface area contributed by atoms with Crippen LogP contribution in [-0.4, -0.2) is 21.9 Å². The third-order valence-corrected chi connectivity index (χ3v) is 3.15. The zero-order valence-electron chi connectivity index (χ0n) is 12.7. The summed E-state index contributed by atoms with van der Waals surface area (Å²) < 4.78 is 0. The Bertz CT molecular complexity index is 642. The first-order valence-corrected chi connectivity index (χ1v) is 6.85. The van der Waals surface area contributed by atoms with Gasteiger partial charge >= 0.3 is 0 Å². The summed E-state index contributed by atoms with van der Waals surface area (Å²) >= 11 is 0. The van der Waals surface area contributed by atoms with Crippen LogP contribution < -0.4 is 5.32 Å². The van der Waals surface area contributed by atoms with Crippen LogP contribution in [0.15, 0.2) is 24.7 Å². The van der Waals surface area contributed by atoms with Gasteiger partial charge in [-0.25, -0.2) is 9.97 Å². The molecule has 0 aliphatic heterocycles. The molecule has 0 spiro atoms. The smallest absolute Gasteiger partial charge is 0.253 e. The van der Waals surface area contributed by atoms with Crippen LogP contribution in [0.4, 0.5) is 0 Å². The average molecular weight is 271 g/mol. The largest absolute Gasteiger partial charge is 0.350 e. The van der Waals surface area contributed by atoms with Crippen molar-refractivity contribution in [2.45, 2.75) is 46.1 Å². The van der Waals surface area contributed by atoms with Crippen LogP contribution in [0.2, 0.25) is 0 Å². The van der Waals surface area contributed by atoms with Crippen molar-refractivity contribution < 1.29 is 4.79 Å². The van der Waals surface area contributed by atoms with Gasteiger partial charge in [-0.05, 0) is 30.9 Å². The Morgan fingerprint density at radius 1 is 1.25 bits per heavy atom. The second kappa shape index (κ2) is 5.19. The molecule has 1 amide bonds. The lowest BCUT2D eigenvalue weighted by atomic mass is 9.84. The molecule has 1 N–H and O–H groups in total. The fourth-order valence-corrected chi connectivity index (χ4v) is 2.25. The predicted octanol–water partition coefficient (Wildman–Crippen LogP) is 3.07. The van der Waals surface area contributed by atoms with Crippen molar-refractivity contribution in [2.75, 3.05) is 0 Å². The highest BCUT2D eigenvalue weighted by atomic mass is 16.1. The molecule has 1 aromatic carbocycles. The highest BCUT2D eigenvalue weighted by Crippen LogP contribution is 2.30. The summed E-state index contributed by atoms with van der Waals surface area (Å²) in [6, 6.07) is 3.95. The van der Waals surface area contributed by atoms with E-state index >= 15 is 0 Å². The van der Waals surface area contributed by atoms with Crippen LogP contribution in [0.5, 0.6) is 0 Å². The zero-order chi connectivity index (χ0) is 14.9. The standard InChI is InChI=1S/C16H21N3O/c1-10(2)19-15(20)11-6-7-13(16(3,4)5)12-8-17-9-18-14(11)12/h6-10H,1-5H3,(H,19,20). The van der Waals surface area contributed by atoms with Crippen molar-refractivity contribution in [3.63, 3.8) is 0 Å². The number of benzene rings is 1. The maximum absolute atomic E-state index is 12.3. The number of nitrogens with zero attached hydrogens (tertiary/aromatic N) is 2. The molecule has 1 heterocycles. The molecule has 0 aliphatic rings. The first-order chi connectivity index (χ1) is 9.30. The number of nitrogens with one attached hydrogen (secondary N) is 1. The predicted molar refractivity (Wildman–Crippen MR) is 80.8 cm³/mol. The van der Waals surface area contributed by atoms with Gasteiger partial charge in [0.1, 0.15) is 6.33 Å². The van der Waals surface area contributed by atoms with Gasteiger partial charge in [0.25, 0.3) is 5.91 Å². The number of carbonyl (C=O) groups is 1. The summed E-state index contributed by atoms with van der Waals surface area (Å²) in [5.74, 6) is -0.0934. The number of carbonyl (C=O) groups excluding carboxylic acids is 1. The van der Waals surface area contributed by atoms with Crippen LogP contribution in [0, 0.1) is 0 Å². The lowest BCUT2D eigenvalue weighted by Gasteiger charge is -2.22. The van der Waals surface area contributed by atoms with E-state index < -0.39 is 0 Å². The summed E-state index contributed by atoms with van der Waals surface area (Å²) in [4.78, 5) is 20.7. The molecule has 0 bridgehead atoms. The Kier molecular flexibility index (Phi) is 3.75. The Morgan fingerprint density at radius 3 is 2.55 bits per heavy atom. The minimum atomic E-state index is -0.0934. The number of fused-ring (bicyclic) bond motifs is 1. The molecule has 0 aliphatic carbocycles. The molecule has 4 heteroatoms. The van der Waals surface area contributed by atoms with Crippen molar-refractivity contribution in [2.24, 2.45) is 0 Å². The van der Waals surface area contributed by atoms with Gasteiger partial charge in [-0.2, -0.15) is 0 Å². The van der Waals surface area contributed by atoms with Crippen molar-refractivity contribution >= 4 is 16.8 Å². The van der Waals surface area contributed by atoms with Gasteiger partial charge in [-0.15, -0.1) is 0 Å². The lowest BCUT2D eigenvalue weighted by Crippen LogP contribution is -2.30. The Morgan fingerprint density at radius 2 is 1.95 bits per heavy atom. The molecular formula is C16H21N3O. The maximum atomic E-state index is 12.3. The molecule has 2 rings (SSSR count). The summed E-state index contributed by atoms with van der Waals surface area (Å²) in [5.41, 5.74) is 2.44. The lowest BCUT2D eigenvalue weighted by molar-refractivity contribution is 0.0944. The number of hydrogen-bond donors (Lipinski definition) is 1. The molecule has 0 unspecified atom stereocenters. The van der Waals surface area contributed by atoms with E-state index in [1.807, 2.05) is 26.0 Å². The van der Waals surface area contributed by atoms with Crippen LogP contribution in [-0.2, 0) is 5.41 Å². The van der Waals surface area contributed by atoms with Gasteiger partial charge in [0, 0.05) is 17.6 Å². The minimum absolute atomic E-state index is 0.0178. The quantitative estimate of drug-likeness (QED) is 0.913. The van der Waals surface area contributed by atoms with Gasteiger partial charge in [0.05, 0.1) is 11.1 Å². The van der Waals surface area contributed by atoms with Gasteiger partial charge < -0.3 is 5.32 Å². The second-order valence-electron chi connectivity index (χ2n) is 6.32. The van der Waals surface area contributed by atoms with E-state index in [9.17, 15) is 4.79 Å². The summed E-state index contributed by atoms with van der Waals surface area (Å²) in [6.07, 6.45) is 3.27. The summed E-state index contributed by atoms with van der Waals surface area (Å²) in [6.45, 7) is 10.3. The molecule has 0 atom stereocenters. The topological polar surface area (TPSA) is 54.9 Å². The molecular weight excluding hydrogens is 250 g/mol. The monoisotopic (exact) mass is 271 g/mol. The fourth-order valence-electron chi connectivity index (χ4n) is 2.25. The first kappa shape index (κ1) is 14.4. The van der Waals surface area contributed by atoms with E-state index in [-0.39, 0.29) is 17.4 Å². The van der Waals surface area contributed by atoms with Crippen LogP contribution in [0.3, 0.4) is 0 Å². The second-order valence-corrected chi connectivity index (χ2v) is 6.32. The van der Waals surface area contributed by atoms with Gasteiger partial charge in [-0.3, -0.25) is 4.79 Å². The number of aromatic nitrogens is 2. The molecule has 0 radical (unpaired) electrons. The fraction of sp³-hybridized carbons (Fsp3) is 0.438. The summed E-state index contributed by atoms with van der Waals surface area (Å²) in [7, 11) is 0. The molecule has 0 fully saturated rings. The van der Waals surface area contributed by atoms with E-state index in [4.69, 9.17) is 0 Å².